The van der Waals surface area contributed by atoms with Gasteiger partial charge in [0.15, 0.2) is 12.3 Å². The molecule has 1 saturated heterocycles. The van der Waals surface area contributed by atoms with Gasteiger partial charge < -0.3 is 14.3 Å². The Labute approximate surface area is 197 Å². The van der Waals surface area contributed by atoms with E-state index in [2.05, 4.69) is 0 Å². The van der Waals surface area contributed by atoms with Crippen LogP contribution >= 0.6 is 0 Å². The molecule has 6 heteroatoms. The van der Waals surface area contributed by atoms with Crippen LogP contribution in [-0.4, -0.2) is 31.8 Å². The summed E-state index contributed by atoms with van der Waals surface area (Å²) >= 11 is 0. The Bertz CT molecular complexity index is 1100. The lowest BCUT2D eigenvalue weighted by Gasteiger charge is -2.27. The number of carbonyl (C=O) groups is 1. The van der Waals surface area contributed by atoms with E-state index in [1.165, 1.54) is 18.2 Å². The molecule has 0 N–H and O–H groups in total. The van der Waals surface area contributed by atoms with Crippen LogP contribution in [0.15, 0.2) is 72.5 Å². The molecular formula is C28H27F3O3. The van der Waals surface area contributed by atoms with Crippen LogP contribution in [0.2, 0.25) is 0 Å². The van der Waals surface area contributed by atoms with Gasteiger partial charge in [0.05, 0.1) is 12.7 Å². The maximum atomic E-state index is 14.8. The minimum atomic E-state index is -1.87. The topological polar surface area (TPSA) is 35.5 Å². The zero-order valence-corrected chi connectivity index (χ0v) is 18.9. The van der Waals surface area contributed by atoms with Crippen molar-refractivity contribution in [1.29, 1.82) is 0 Å². The molecule has 1 aliphatic heterocycles. The molecule has 178 valence electrons. The maximum absolute atomic E-state index is 14.8. The van der Waals surface area contributed by atoms with Crippen LogP contribution in [0.3, 0.4) is 0 Å². The first-order chi connectivity index (χ1) is 16.5. The Morgan fingerprint density at radius 1 is 1.00 bits per heavy atom. The molecule has 1 aliphatic carbocycles. The van der Waals surface area contributed by atoms with Gasteiger partial charge in [-0.2, -0.15) is 0 Å². The molecule has 1 fully saturated rings. The first-order valence-electron chi connectivity index (χ1n) is 11.4. The van der Waals surface area contributed by atoms with E-state index in [0.29, 0.717) is 36.1 Å². The third kappa shape index (κ3) is 5.17. The van der Waals surface area contributed by atoms with E-state index in [1.54, 1.807) is 42.5 Å². The number of allylic oxidation sites excluding steroid dienone is 5. The largest absolute Gasteiger partial charge is 0.491 e. The predicted molar refractivity (Wildman–Crippen MR) is 126 cm³/mol. The first kappa shape index (κ1) is 24.0. The number of benzene rings is 2. The lowest BCUT2D eigenvalue weighted by molar-refractivity contribution is -0.117. The maximum Gasteiger partial charge on any atom is 0.192 e. The molecule has 0 radical (unpaired) electrons. The van der Waals surface area contributed by atoms with Crippen molar-refractivity contribution in [2.24, 2.45) is 5.92 Å². The van der Waals surface area contributed by atoms with Crippen LogP contribution in [0.5, 0.6) is 0 Å². The average molecular weight is 469 g/mol. The SMILES string of the molecule is C/C=C/COC1=CC=C(c2ccc(-c3ccc(C4CCC(C=O)CO4)c(F)c3)cc2)C(F)C1F. The highest BCUT2D eigenvalue weighted by atomic mass is 19.2. The summed E-state index contributed by atoms with van der Waals surface area (Å²) < 4.78 is 55.1. The van der Waals surface area contributed by atoms with Gasteiger partial charge in [-0.25, -0.2) is 13.2 Å². The molecule has 0 bridgehead atoms. The van der Waals surface area contributed by atoms with Crippen molar-refractivity contribution in [3.8, 4) is 11.1 Å². The summed E-state index contributed by atoms with van der Waals surface area (Å²) in [5, 5.41) is 0. The summed E-state index contributed by atoms with van der Waals surface area (Å²) in [6.45, 7) is 2.32. The van der Waals surface area contributed by atoms with Gasteiger partial charge in [-0.15, -0.1) is 0 Å². The molecule has 0 amide bonds. The molecule has 0 aromatic heterocycles. The number of halogens is 3. The van der Waals surface area contributed by atoms with Crippen LogP contribution in [0.4, 0.5) is 13.2 Å². The number of aldehydes is 1. The van der Waals surface area contributed by atoms with Gasteiger partial charge >= 0.3 is 0 Å². The van der Waals surface area contributed by atoms with E-state index in [9.17, 15) is 18.0 Å². The van der Waals surface area contributed by atoms with Crippen molar-refractivity contribution < 1.29 is 27.4 Å². The highest BCUT2D eigenvalue weighted by Gasteiger charge is 2.32. The molecule has 3 nitrogen and oxygen atoms in total. The lowest BCUT2D eigenvalue weighted by atomic mass is 9.91. The van der Waals surface area contributed by atoms with E-state index in [1.807, 2.05) is 13.0 Å². The monoisotopic (exact) mass is 468 g/mol. The number of carbonyl (C=O) groups excluding carboxylic acids is 1. The van der Waals surface area contributed by atoms with E-state index in [4.69, 9.17) is 9.47 Å². The Morgan fingerprint density at radius 3 is 2.38 bits per heavy atom. The van der Waals surface area contributed by atoms with E-state index >= 15 is 0 Å². The fraction of sp³-hybridized carbons (Fsp3) is 0.321. The molecule has 34 heavy (non-hydrogen) atoms. The van der Waals surface area contributed by atoms with Crippen molar-refractivity contribution in [2.75, 3.05) is 13.2 Å². The van der Waals surface area contributed by atoms with Gasteiger partial charge in [0, 0.05) is 11.5 Å². The Kier molecular flexibility index (Phi) is 7.68. The van der Waals surface area contributed by atoms with Gasteiger partial charge in [0.25, 0.3) is 0 Å². The van der Waals surface area contributed by atoms with Crippen LogP contribution < -0.4 is 0 Å². The van der Waals surface area contributed by atoms with Gasteiger partial charge in [-0.05, 0) is 54.2 Å². The molecule has 1 heterocycles. The first-order valence-corrected chi connectivity index (χ1v) is 11.4. The van der Waals surface area contributed by atoms with E-state index < -0.39 is 12.3 Å². The van der Waals surface area contributed by atoms with Crippen molar-refractivity contribution in [2.45, 2.75) is 38.2 Å². The highest BCUT2D eigenvalue weighted by molar-refractivity contribution is 5.75. The van der Waals surface area contributed by atoms with Crippen molar-refractivity contribution >= 4 is 11.9 Å². The summed E-state index contributed by atoms with van der Waals surface area (Å²) in [5.41, 5.74) is 2.70. The second kappa shape index (κ2) is 10.9. The molecule has 4 atom stereocenters. The van der Waals surface area contributed by atoms with Crippen molar-refractivity contribution in [3.63, 3.8) is 0 Å². The fourth-order valence-electron chi connectivity index (χ4n) is 4.23. The van der Waals surface area contributed by atoms with Crippen LogP contribution in [0.1, 0.15) is 37.0 Å². The summed E-state index contributed by atoms with van der Waals surface area (Å²) in [6.07, 6.45) is 4.61. The number of hydrogen-bond donors (Lipinski definition) is 0. The normalized spacial score (nSPS) is 25.1. The van der Waals surface area contributed by atoms with Gasteiger partial charge in [-0.3, -0.25) is 0 Å². The van der Waals surface area contributed by atoms with Gasteiger partial charge in [0.2, 0.25) is 0 Å². The third-order valence-corrected chi connectivity index (χ3v) is 6.24. The number of rotatable bonds is 7. The fourth-order valence-corrected chi connectivity index (χ4v) is 4.23. The molecule has 2 aromatic rings. The van der Waals surface area contributed by atoms with Crippen LogP contribution in [-0.2, 0) is 14.3 Å². The minimum absolute atomic E-state index is 0.0230. The van der Waals surface area contributed by atoms with Crippen LogP contribution in [0.25, 0.3) is 16.7 Å². The quantitative estimate of drug-likeness (QED) is 0.335. The van der Waals surface area contributed by atoms with Gasteiger partial charge in [0.1, 0.15) is 24.5 Å². The van der Waals surface area contributed by atoms with Crippen molar-refractivity contribution in [3.05, 3.63) is 89.5 Å². The molecule has 0 spiro atoms. The summed E-state index contributed by atoms with van der Waals surface area (Å²) in [6, 6.07) is 11.9. The minimum Gasteiger partial charge on any atom is -0.491 e. The van der Waals surface area contributed by atoms with E-state index in [-0.39, 0.29) is 35.8 Å². The standard InChI is InChI=1S/C28H27F3O3/c1-2-3-14-33-26-13-11-22(27(30)28(26)31)20-7-5-19(6-8-20)21-9-10-23(24(29)15-21)25-12-4-18(16-32)17-34-25/h2-3,5-11,13,15-16,18,25,27-28H,4,12,14,17H2,1H3/b3-2+. The second-order valence-electron chi connectivity index (χ2n) is 8.48. The summed E-state index contributed by atoms with van der Waals surface area (Å²) in [7, 11) is 0. The number of alkyl halides is 2. The Morgan fingerprint density at radius 2 is 1.74 bits per heavy atom. The molecule has 2 aliphatic rings. The average Bonchev–Trinajstić information content (AvgIpc) is 2.87. The highest BCUT2D eigenvalue weighted by Crippen LogP contribution is 2.35. The summed E-state index contributed by atoms with van der Waals surface area (Å²) in [5.74, 6) is -0.517. The molecule has 0 saturated carbocycles. The van der Waals surface area contributed by atoms with Gasteiger partial charge in [-0.1, -0.05) is 54.6 Å². The molecular weight excluding hydrogens is 441 g/mol. The molecule has 2 aromatic carbocycles. The lowest BCUT2D eigenvalue weighted by Crippen LogP contribution is -2.25. The number of hydrogen-bond acceptors (Lipinski definition) is 3. The number of ether oxygens (including phenoxy) is 2. The zero-order chi connectivity index (χ0) is 24.1. The van der Waals surface area contributed by atoms with Crippen molar-refractivity contribution in [1.82, 2.24) is 0 Å². The molecule has 4 rings (SSSR count). The summed E-state index contributed by atoms with van der Waals surface area (Å²) in [4.78, 5) is 10.9. The van der Waals surface area contributed by atoms with E-state index in [0.717, 1.165) is 11.8 Å². The molecule has 4 unspecified atom stereocenters. The smallest absolute Gasteiger partial charge is 0.192 e. The Balaban J connectivity index is 1.48. The zero-order valence-electron chi connectivity index (χ0n) is 18.9. The Hall–Kier alpha value is -3.12. The second-order valence-corrected chi connectivity index (χ2v) is 8.48. The predicted octanol–water partition coefficient (Wildman–Crippen LogP) is 6.71. The van der Waals surface area contributed by atoms with Crippen LogP contribution in [0, 0.1) is 11.7 Å². The third-order valence-electron chi connectivity index (χ3n) is 6.24.